The quantitative estimate of drug-likeness (QED) is 0.911. The van der Waals surface area contributed by atoms with E-state index in [-0.39, 0.29) is 6.54 Å². The fraction of sp³-hybridized carbons (Fsp3) is 0.667. The van der Waals surface area contributed by atoms with Crippen LogP contribution in [0.15, 0.2) is 6.20 Å². The maximum atomic E-state index is 11.8. The highest BCUT2D eigenvalue weighted by molar-refractivity contribution is 7.09. The lowest BCUT2D eigenvalue weighted by Crippen LogP contribution is -2.39. The van der Waals surface area contributed by atoms with Crippen LogP contribution in [-0.4, -0.2) is 40.9 Å². The van der Waals surface area contributed by atoms with Crippen molar-refractivity contribution in [2.45, 2.75) is 39.2 Å². The summed E-state index contributed by atoms with van der Waals surface area (Å²) in [7, 11) is 0. The first kappa shape index (κ1) is 14.1. The minimum Gasteiger partial charge on any atom is -0.481 e. The molecule has 3 rings (SSSR count). The van der Waals surface area contributed by atoms with Crippen LogP contribution >= 0.6 is 11.5 Å². The molecule has 112 valence electrons. The first-order valence-electron chi connectivity index (χ1n) is 6.88. The molecule has 1 N–H and O–H groups in total. The smallest absolute Gasteiger partial charge is 0.311 e. The van der Waals surface area contributed by atoms with Crippen molar-refractivity contribution >= 4 is 17.5 Å². The molecule has 2 aromatic heterocycles. The van der Waals surface area contributed by atoms with Gasteiger partial charge >= 0.3 is 5.97 Å². The Labute approximate surface area is 125 Å². The highest BCUT2D eigenvalue weighted by Crippen LogP contribution is 2.41. The van der Waals surface area contributed by atoms with E-state index in [2.05, 4.69) is 32.0 Å². The van der Waals surface area contributed by atoms with Gasteiger partial charge in [-0.05, 0) is 53.6 Å². The molecule has 0 aliphatic heterocycles. The van der Waals surface area contributed by atoms with E-state index in [1.54, 1.807) is 10.9 Å². The molecule has 0 aromatic carbocycles. The highest BCUT2D eigenvalue weighted by Gasteiger charge is 2.42. The van der Waals surface area contributed by atoms with E-state index in [0.29, 0.717) is 24.6 Å². The van der Waals surface area contributed by atoms with Crippen LogP contribution in [0.2, 0.25) is 0 Å². The molecule has 1 saturated carbocycles. The minimum atomic E-state index is -0.783. The van der Waals surface area contributed by atoms with Gasteiger partial charge in [0.2, 0.25) is 0 Å². The van der Waals surface area contributed by atoms with Crippen LogP contribution in [0.5, 0.6) is 0 Å². The van der Waals surface area contributed by atoms with Crippen molar-refractivity contribution < 1.29 is 9.90 Å². The number of carboxylic acids is 1. The number of aliphatic carboxylic acids is 1. The van der Waals surface area contributed by atoms with Gasteiger partial charge in [-0.2, -0.15) is 0 Å². The number of hydrogen-bond donors (Lipinski definition) is 1. The number of aromatic nitrogens is 6. The first-order valence-corrected chi connectivity index (χ1v) is 7.65. The first-order chi connectivity index (χ1) is 10.1. The number of rotatable bonds is 4. The van der Waals surface area contributed by atoms with Gasteiger partial charge in [0, 0.05) is 0 Å². The largest absolute Gasteiger partial charge is 0.481 e. The van der Waals surface area contributed by atoms with Crippen LogP contribution in [0.25, 0.3) is 10.7 Å². The monoisotopic (exact) mass is 308 g/mol. The Kier molecular flexibility index (Phi) is 3.66. The molecule has 0 bridgehead atoms. The van der Waals surface area contributed by atoms with Crippen molar-refractivity contribution in [3.63, 3.8) is 0 Å². The molecule has 8 nitrogen and oxygen atoms in total. The maximum Gasteiger partial charge on any atom is 0.311 e. The van der Waals surface area contributed by atoms with Gasteiger partial charge in [0.25, 0.3) is 0 Å². The SMILES string of the molecule is CC1CCC(Cn2nnnc2-c2cnns2)(C(=O)O)CC1. The molecule has 0 unspecified atom stereocenters. The summed E-state index contributed by atoms with van der Waals surface area (Å²) in [5.74, 6) is 0.346. The van der Waals surface area contributed by atoms with Gasteiger partial charge in [0.15, 0.2) is 5.82 Å². The van der Waals surface area contributed by atoms with Crippen LogP contribution in [0.3, 0.4) is 0 Å². The predicted molar refractivity (Wildman–Crippen MR) is 74.4 cm³/mol. The minimum absolute atomic E-state index is 0.287. The normalized spacial score (nSPS) is 25.9. The molecule has 9 heteroatoms. The van der Waals surface area contributed by atoms with Crippen molar-refractivity contribution in [1.82, 2.24) is 29.8 Å². The number of tetrazole rings is 1. The third-order valence-electron chi connectivity index (χ3n) is 4.25. The van der Waals surface area contributed by atoms with E-state index >= 15 is 0 Å². The Hall–Kier alpha value is -1.90. The molecular weight excluding hydrogens is 292 g/mol. The van der Waals surface area contributed by atoms with E-state index < -0.39 is 11.4 Å². The van der Waals surface area contributed by atoms with Gasteiger partial charge in [0.1, 0.15) is 4.88 Å². The predicted octanol–water partition coefficient (Wildman–Crippen LogP) is 1.47. The number of carboxylic acid groups (broad SMARTS) is 1. The van der Waals surface area contributed by atoms with Crippen molar-refractivity contribution in [3.8, 4) is 10.7 Å². The molecule has 0 saturated heterocycles. The average molecular weight is 308 g/mol. The Bertz CT molecular complexity index is 617. The van der Waals surface area contributed by atoms with Gasteiger partial charge < -0.3 is 5.11 Å². The second-order valence-electron chi connectivity index (χ2n) is 5.71. The van der Waals surface area contributed by atoms with Gasteiger partial charge in [-0.15, -0.1) is 10.2 Å². The lowest BCUT2D eigenvalue weighted by atomic mass is 9.71. The van der Waals surface area contributed by atoms with Crippen molar-refractivity contribution in [3.05, 3.63) is 6.20 Å². The maximum absolute atomic E-state index is 11.8. The summed E-state index contributed by atoms with van der Waals surface area (Å²) in [5, 5.41) is 25.1. The van der Waals surface area contributed by atoms with Gasteiger partial charge in [-0.3, -0.25) is 4.79 Å². The van der Waals surface area contributed by atoms with Gasteiger partial charge in [-0.1, -0.05) is 11.4 Å². The second kappa shape index (κ2) is 5.47. The Morgan fingerprint density at radius 2 is 2.29 bits per heavy atom. The van der Waals surface area contributed by atoms with E-state index in [9.17, 15) is 9.90 Å². The molecule has 2 heterocycles. The third kappa shape index (κ3) is 2.65. The Morgan fingerprint density at radius 1 is 1.52 bits per heavy atom. The van der Waals surface area contributed by atoms with Crippen LogP contribution in [0, 0.1) is 11.3 Å². The molecule has 21 heavy (non-hydrogen) atoms. The number of carbonyl (C=O) groups is 1. The topological polar surface area (TPSA) is 107 Å². The standard InChI is InChI=1S/C12H16N6O2S/c1-8-2-4-12(5-3-8,11(19)20)7-18-10(14-15-16-18)9-6-13-17-21-9/h6,8H,2-5,7H2,1H3,(H,19,20). The third-order valence-corrected chi connectivity index (χ3v) is 4.91. The van der Waals surface area contributed by atoms with Crippen molar-refractivity contribution in [1.29, 1.82) is 0 Å². The fourth-order valence-corrected chi connectivity index (χ4v) is 3.30. The van der Waals surface area contributed by atoms with Crippen molar-refractivity contribution in [2.24, 2.45) is 11.3 Å². The summed E-state index contributed by atoms with van der Waals surface area (Å²) in [5.41, 5.74) is -0.783. The summed E-state index contributed by atoms with van der Waals surface area (Å²) < 4.78 is 5.36. The Balaban J connectivity index is 1.88. The molecule has 0 spiro atoms. The molecule has 0 radical (unpaired) electrons. The summed E-state index contributed by atoms with van der Waals surface area (Å²) >= 11 is 1.19. The van der Waals surface area contributed by atoms with E-state index in [0.717, 1.165) is 17.7 Å². The van der Waals surface area contributed by atoms with Crippen LogP contribution < -0.4 is 0 Å². The zero-order chi connectivity index (χ0) is 14.9. The zero-order valence-electron chi connectivity index (χ0n) is 11.6. The van der Waals surface area contributed by atoms with Crippen LogP contribution in [-0.2, 0) is 11.3 Å². The van der Waals surface area contributed by atoms with E-state index in [1.807, 2.05) is 0 Å². The molecule has 0 atom stereocenters. The van der Waals surface area contributed by atoms with Crippen LogP contribution in [0.4, 0.5) is 0 Å². The second-order valence-corrected chi connectivity index (χ2v) is 6.50. The highest BCUT2D eigenvalue weighted by atomic mass is 32.1. The summed E-state index contributed by atoms with van der Waals surface area (Å²) in [6.07, 6.45) is 4.74. The summed E-state index contributed by atoms with van der Waals surface area (Å²) in [6, 6.07) is 0. The molecule has 0 amide bonds. The average Bonchev–Trinajstić information content (AvgIpc) is 3.12. The number of nitrogens with zero attached hydrogens (tertiary/aromatic N) is 6. The Morgan fingerprint density at radius 3 is 2.90 bits per heavy atom. The molecule has 1 fully saturated rings. The lowest BCUT2D eigenvalue weighted by Gasteiger charge is -2.35. The molecule has 1 aliphatic carbocycles. The lowest BCUT2D eigenvalue weighted by molar-refractivity contribution is -0.152. The van der Waals surface area contributed by atoms with Crippen molar-refractivity contribution in [2.75, 3.05) is 0 Å². The number of hydrogen-bond acceptors (Lipinski definition) is 7. The summed E-state index contributed by atoms with van der Waals surface area (Å²) in [6.45, 7) is 2.45. The molecule has 2 aromatic rings. The summed E-state index contributed by atoms with van der Waals surface area (Å²) in [4.78, 5) is 12.5. The molecular formula is C12H16N6O2S. The van der Waals surface area contributed by atoms with Crippen LogP contribution in [0.1, 0.15) is 32.6 Å². The molecule has 1 aliphatic rings. The fourth-order valence-electron chi connectivity index (χ4n) is 2.79. The van der Waals surface area contributed by atoms with E-state index in [1.165, 1.54) is 11.5 Å². The zero-order valence-corrected chi connectivity index (χ0v) is 12.5. The van der Waals surface area contributed by atoms with Gasteiger partial charge in [-0.25, -0.2) is 4.68 Å². The van der Waals surface area contributed by atoms with Gasteiger partial charge in [0.05, 0.1) is 18.2 Å². The van der Waals surface area contributed by atoms with E-state index in [4.69, 9.17) is 0 Å².